The fraction of sp³-hybridized carbons (Fsp3) is 0.375. The zero-order valence-electron chi connectivity index (χ0n) is 14.1. The highest BCUT2D eigenvalue weighted by atomic mass is 16.2. The molecule has 1 radical (unpaired) electrons. The lowest BCUT2D eigenvalue weighted by Gasteiger charge is -2.22. The first-order valence-corrected chi connectivity index (χ1v) is 8.04. The van der Waals surface area contributed by atoms with Crippen LogP contribution < -0.4 is 16.2 Å². The maximum Gasteiger partial charge on any atom is 0.312 e. The van der Waals surface area contributed by atoms with Crippen LogP contribution in [0.15, 0.2) is 18.3 Å². The number of anilines is 1. The number of pyridine rings is 1. The van der Waals surface area contributed by atoms with E-state index in [1.807, 2.05) is 0 Å². The Morgan fingerprint density at radius 1 is 1.42 bits per heavy atom. The van der Waals surface area contributed by atoms with Gasteiger partial charge in [-0.1, -0.05) is 5.92 Å². The summed E-state index contributed by atoms with van der Waals surface area (Å²) in [6, 6.07) is 3.01. The van der Waals surface area contributed by atoms with Crippen molar-refractivity contribution in [1.82, 2.24) is 20.6 Å². The van der Waals surface area contributed by atoms with Gasteiger partial charge in [-0.05, 0) is 25.0 Å². The van der Waals surface area contributed by atoms with E-state index < -0.39 is 5.91 Å². The van der Waals surface area contributed by atoms with Crippen LogP contribution in [0.1, 0.15) is 29.6 Å². The number of hydrogen-bond acceptors (Lipinski definition) is 6. The fourth-order valence-electron chi connectivity index (χ4n) is 2.49. The minimum Gasteiger partial charge on any atom is -0.452 e. The molecule has 10 heteroatoms. The van der Waals surface area contributed by atoms with E-state index >= 15 is 0 Å². The van der Waals surface area contributed by atoms with Gasteiger partial charge < -0.3 is 15.2 Å². The number of amides is 3. The summed E-state index contributed by atoms with van der Waals surface area (Å²) in [6.07, 6.45) is 7.80. The molecule has 1 saturated heterocycles. The van der Waals surface area contributed by atoms with Crippen LogP contribution in [-0.2, 0) is 9.59 Å². The highest BCUT2D eigenvalue weighted by Crippen LogP contribution is 2.15. The average Bonchev–Trinajstić information content (AvgIpc) is 3.13. The molecule has 1 aliphatic heterocycles. The third-order valence-corrected chi connectivity index (χ3v) is 3.81. The number of carbonyl (C=O) groups is 3. The number of carbonyl (C=O) groups excluding carboxylic acids is 3. The minimum atomic E-state index is -0.447. The number of nitrogens with zero attached hydrogens (tertiary/aromatic N) is 2. The quantitative estimate of drug-likeness (QED) is 0.278. The number of hydrogen-bond donors (Lipinski definition) is 4. The summed E-state index contributed by atoms with van der Waals surface area (Å²) in [7, 11) is 1.00. The van der Waals surface area contributed by atoms with Gasteiger partial charge in [0.15, 0.2) is 0 Å². The summed E-state index contributed by atoms with van der Waals surface area (Å²) in [5.41, 5.74) is 5.20. The molecule has 26 heavy (non-hydrogen) atoms. The molecule has 2 rings (SSSR count). The molecular weight excluding hydrogens is 337 g/mol. The summed E-state index contributed by atoms with van der Waals surface area (Å²) in [6.45, 7) is 0.398. The summed E-state index contributed by atoms with van der Waals surface area (Å²) >= 11 is 0. The molecule has 1 aliphatic rings. The molecule has 0 saturated carbocycles. The smallest absolute Gasteiger partial charge is 0.312 e. The molecule has 0 bridgehead atoms. The van der Waals surface area contributed by atoms with Crippen LogP contribution in [0, 0.1) is 12.3 Å². The second-order valence-corrected chi connectivity index (χ2v) is 5.61. The Kier molecular flexibility index (Phi) is 6.99. The maximum absolute atomic E-state index is 12.1. The largest absolute Gasteiger partial charge is 0.452 e. The summed E-state index contributed by atoms with van der Waals surface area (Å²) in [5.74, 6) is 1.16. The van der Waals surface area contributed by atoms with Crippen molar-refractivity contribution in [3.8, 4) is 12.3 Å². The number of likely N-dealkylation sites (tertiary alicyclic amines) is 1. The Balaban J connectivity index is 1.81. The molecule has 9 nitrogen and oxygen atoms in total. The minimum absolute atomic E-state index is 0.0621. The number of rotatable bonds is 7. The molecule has 2 heterocycles. The van der Waals surface area contributed by atoms with Crippen LogP contribution in [0.4, 0.5) is 5.82 Å². The zero-order valence-corrected chi connectivity index (χ0v) is 14.1. The zero-order chi connectivity index (χ0) is 18.9. The lowest BCUT2D eigenvalue weighted by atomic mass is 9.86. The molecule has 135 valence electrons. The van der Waals surface area contributed by atoms with Gasteiger partial charge in [-0.15, -0.1) is 6.42 Å². The first-order valence-electron chi connectivity index (χ1n) is 8.04. The van der Waals surface area contributed by atoms with Gasteiger partial charge in [-0.2, -0.15) is 0 Å². The van der Waals surface area contributed by atoms with Gasteiger partial charge in [0.05, 0.1) is 18.5 Å². The Labute approximate surface area is 151 Å². The second kappa shape index (κ2) is 9.43. The predicted molar refractivity (Wildman–Crippen MR) is 94.5 cm³/mol. The van der Waals surface area contributed by atoms with Crippen molar-refractivity contribution >= 4 is 31.0 Å². The Morgan fingerprint density at radius 2 is 2.23 bits per heavy atom. The van der Waals surface area contributed by atoms with Gasteiger partial charge in [0.1, 0.15) is 5.82 Å². The van der Waals surface area contributed by atoms with E-state index in [2.05, 4.69) is 27.1 Å². The third kappa shape index (κ3) is 5.22. The average molecular weight is 356 g/mol. The Hall–Kier alpha value is -3.06. The van der Waals surface area contributed by atoms with E-state index in [0.29, 0.717) is 18.8 Å². The van der Waals surface area contributed by atoms with Crippen LogP contribution in [0.3, 0.4) is 0 Å². The Morgan fingerprint density at radius 3 is 2.88 bits per heavy atom. The van der Waals surface area contributed by atoms with Crippen molar-refractivity contribution in [3.05, 3.63) is 23.9 Å². The third-order valence-electron chi connectivity index (χ3n) is 3.81. The normalized spacial score (nSPS) is 15.7. The van der Waals surface area contributed by atoms with Crippen molar-refractivity contribution in [2.45, 2.75) is 25.2 Å². The number of hydrazine groups is 1. The predicted octanol–water partition coefficient (Wildman–Crippen LogP) is -1.16. The molecule has 1 atom stereocenters. The monoisotopic (exact) mass is 356 g/mol. The summed E-state index contributed by atoms with van der Waals surface area (Å²) in [5, 5.41) is 11.6. The van der Waals surface area contributed by atoms with E-state index in [0.717, 1.165) is 13.9 Å². The number of aromatic nitrogens is 1. The van der Waals surface area contributed by atoms with E-state index in [-0.39, 0.29) is 36.3 Å². The summed E-state index contributed by atoms with van der Waals surface area (Å²) < 4.78 is 0. The van der Waals surface area contributed by atoms with E-state index in [4.69, 9.17) is 11.4 Å². The number of nitrogens with one attached hydrogen (secondary N) is 3. The molecule has 0 aliphatic carbocycles. The van der Waals surface area contributed by atoms with Crippen LogP contribution in [0.25, 0.3) is 0 Å². The maximum atomic E-state index is 12.1. The van der Waals surface area contributed by atoms with E-state index in [9.17, 15) is 14.4 Å². The molecule has 4 N–H and O–H groups in total. The standard InChI is InChI=1S/C16H19BN5O4/c1-2-4-14(23)21-20-13-7-6-11(9-18-13)16(25)19-10-15(24)22-8-3-5-12(22)17-26/h1,6-7,9,12,26H,3-5,8,10H2,(H,18,20)(H,19,25)(H,21,23)/t12-/m0/s1. The van der Waals surface area contributed by atoms with E-state index in [1.165, 1.54) is 23.2 Å². The van der Waals surface area contributed by atoms with Crippen molar-refractivity contribution < 1.29 is 19.4 Å². The lowest BCUT2D eigenvalue weighted by molar-refractivity contribution is -0.129. The SMILES string of the molecule is C#CCC(=O)NNc1ccc(C(=O)NCC(=O)N2CCC[C@H]2[B]O)cn1. The van der Waals surface area contributed by atoms with Gasteiger partial charge in [-0.25, -0.2) is 4.98 Å². The van der Waals surface area contributed by atoms with Crippen molar-refractivity contribution in [2.24, 2.45) is 0 Å². The molecule has 3 amide bonds. The number of terminal acetylenes is 1. The van der Waals surface area contributed by atoms with Crippen LogP contribution >= 0.6 is 0 Å². The second-order valence-electron chi connectivity index (χ2n) is 5.61. The molecule has 0 unspecified atom stereocenters. The molecule has 0 spiro atoms. The Bertz CT molecular complexity index is 704. The summed E-state index contributed by atoms with van der Waals surface area (Å²) in [4.78, 5) is 40.9. The van der Waals surface area contributed by atoms with Gasteiger partial charge >= 0.3 is 7.48 Å². The molecule has 1 fully saturated rings. The molecule has 1 aromatic heterocycles. The van der Waals surface area contributed by atoms with Crippen molar-refractivity contribution in [3.63, 3.8) is 0 Å². The topological polar surface area (TPSA) is 124 Å². The fourth-order valence-corrected chi connectivity index (χ4v) is 2.49. The van der Waals surface area contributed by atoms with E-state index in [1.54, 1.807) is 0 Å². The van der Waals surface area contributed by atoms with Gasteiger partial charge in [0, 0.05) is 18.7 Å². The van der Waals surface area contributed by atoms with Crippen molar-refractivity contribution in [2.75, 3.05) is 18.5 Å². The first-order chi connectivity index (χ1) is 12.5. The van der Waals surface area contributed by atoms with Crippen LogP contribution in [0.5, 0.6) is 0 Å². The molecular formula is C16H19BN5O4. The van der Waals surface area contributed by atoms with Gasteiger partial charge in [-0.3, -0.25) is 25.2 Å². The van der Waals surface area contributed by atoms with Crippen LogP contribution in [0.2, 0.25) is 0 Å². The highest BCUT2D eigenvalue weighted by molar-refractivity contribution is 6.28. The van der Waals surface area contributed by atoms with Gasteiger partial charge in [0.2, 0.25) is 11.8 Å². The van der Waals surface area contributed by atoms with Gasteiger partial charge in [0.25, 0.3) is 5.91 Å². The van der Waals surface area contributed by atoms with Crippen LogP contribution in [-0.4, -0.2) is 59.1 Å². The van der Waals surface area contributed by atoms with Crippen molar-refractivity contribution in [1.29, 1.82) is 0 Å². The highest BCUT2D eigenvalue weighted by Gasteiger charge is 2.28. The molecule has 1 aromatic rings. The first kappa shape index (κ1) is 19.3. The molecule has 0 aromatic carbocycles. The lowest BCUT2D eigenvalue weighted by Crippen LogP contribution is -2.44.